The molecule has 0 bridgehead atoms. The summed E-state index contributed by atoms with van der Waals surface area (Å²) in [7, 11) is 0. The molecule has 0 spiro atoms. The van der Waals surface area contributed by atoms with E-state index in [0.717, 1.165) is 18.4 Å². The molecule has 0 unspecified atom stereocenters. The second-order valence-corrected chi connectivity index (χ2v) is 5.34. The van der Waals surface area contributed by atoms with Crippen LogP contribution in [0.15, 0.2) is 30.3 Å². The molecular weight excluding hydrogens is 266 g/mol. The van der Waals surface area contributed by atoms with E-state index < -0.39 is 12.1 Å². The molecule has 0 heterocycles. The Labute approximate surface area is 125 Å². The van der Waals surface area contributed by atoms with Crippen molar-refractivity contribution in [3.05, 3.63) is 35.9 Å². The number of benzene rings is 1. The summed E-state index contributed by atoms with van der Waals surface area (Å²) in [4.78, 5) is 23.9. The molecule has 1 aliphatic rings. The van der Waals surface area contributed by atoms with Crippen molar-refractivity contribution in [1.82, 2.24) is 16.0 Å². The Morgan fingerprint density at radius 3 is 2.48 bits per heavy atom. The lowest BCUT2D eigenvalue weighted by molar-refractivity contribution is -0.122. The predicted octanol–water partition coefficient (Wildman–Crippen LogP) is 2.11. The van der Waals surface area contributed by atoms with Gasteiger partial charge in [0.2, 0.25) is 5.91 Å². The minimum absolute atomic E-state index is 0.306. The summed E-state index contributed by atoms with van der Waals surface area (Å²) in [6.45, 7) is 2.31. The molecule has 21 heavy (non-hydrogen) atoms. The Kier molecular flexibility index (Phi) is 5.75. The van der Waals surface area contributed by atoms with Crippen molar-refractivity contribution < 1.29 is 9.59 Å². The van der Waals surface area contributed by atoms with E-state index in [2.05, 4.69) is 16.0 Å². The molecule has 5 nitrogen and oxygen atoms in total. The number of carbonyl (C=O) groups is 2. The minimum Gasteiger partial charge on any atom is -0.338 e. The van der Waals surface area contributed by atoms with Gasteiger partial charge in [-0.05, 0) is 25.3 Å². The van der Waals surface area contributed by atoms with Gasteiger partial charge in [-0.3, -0.25) is 15.4 Å². The summed E-state index contributed by atoms with van der Waals surface area (Å²) < 4.78 is 0. The molecule has 0 radical (unpaired) electrons. The maximum absolute atomic E-state index is 12.4. The molecule has 5 heteroatoms. The fourth-order valence-corrected chi connectivity index (χ4v) is 2.69. The van der Waals surface area contributed by atoms with Gasteiger partial charge in [0.1, 0.15) is 6.04 Å². The molecule has 0 saturated heterocycles. The van der Waals surface area contributed by atoms with Crippen molar-refractivity contribution in [2.24, 2.45) is 0 Å². The maximum atomic E-state index is 12.4. The van der Waals surface area contributed by atoms with Gasteiger partial charge in [-0.2, -0.15) is 0 Å². The smallest absolute Gasteiger partial charge is 0.321 e. The van der Waals surface area contributed by atoms with Crippen LogP contribution in [-0.4, -0.2) is 24.5 Å². The Morgan fingerprint density at radius 2 is 1.86 bits per heavy atom. The first-order valence-electron chi connectivity index (χ1n) is 7.60. The average molecular weight is 289 g/mol. The number of rotatable bonds is 5. The topological polar surface area (TPSA) is 70.2 Å². The number of imide groups is 1. The van der Waals surface area contributed by atoms with Gasteiger partial charge in [0.05, 0.1) is 0 Å². The van der Waals surface area contributed by atoms with E-state index >= 15 is 0 Å². The molecule has 1 fully saturated rings. The van der Waals surface area contributed by atoms with Gasteiger partial charge in [-0.15, -0.1) is 0 Å². The fraction of sp³-hybridized carbons (Fsp3) is 0.500. The highest BCUT2D eigenvalue weighted by Crippen LogP contribution is 2.22. The van der Waals surface area contributed by atoms with Crippen molar-refractivity contribution in [3.8, 4) is 0 Å². The third kappa shape index (κ3) is 4.56. The van der Waals surface area contributed by atoms with Crippen molar-refractivity contribution in [2.75, 3.05) is 6.54 Å². The van der Waals surface area contributed by atoms with Gasteiger partial charge < -0.3 is 5.32 Å². The second-order valence-electron chi connectivity index (χ2n) is 5.34. The molecular formula is C16H23N3O2. The third-order valence-corrected chi connectivity index (χ3v) is 3.73. The number of hydrogen-bond acceptors (Lipinski definition) is 3. The predicted molar refractivity (Wildman–Crippen MR) is 81.8 cm³/mol. The second kappa shape index (κ2) is 7.78. The standard InChI is InChI=1S/C16H23N3O2/c1-2-17-16(21)19-15(20)14(12-8-4-3-5-9-12)18-13-10-6-7-11-13/h3-5,8-9,13-14,18H,2,6-7,10-11H2,1H3,(H2,17,19,20,21)/t14-/m0/s1. The van der Waals surface area contributed by atoms with Crippen LogP contribution in [0.2, 0.25) is 0 Å². The van der Waals surface area contributed by atoms with Crippen molar-refractivity contribution in [3.63, 3.8) is 0 Å². The summed E-state index contributed by atoms with van der Waals surface area (Å²) >= 11 is 0. The third-order valence-electron chi connectivity index (χ3n) is 3.73. The Balaban J connectivity index is 2.07. The van der Waals surface area contributed by atoms with Crippen LogP contribution in [0.25, 0.3) is 0 Å². The van der Waals surface area contributed by atoms with Crippen LogP contribution in [0, 0.1) is 0 Å². The monoisotopic (exact) mass is 289 g/mol. The molecule has 2 rings (SSSR count). The average Bonchev–Trinajstić information content (AvgIpc) is 2.99. The van der Waals surface area contributed by atoms with Gasteiger partial charge in [-0.25, -0.2) is 4.79 Å². The zero-order valence-electron chi connectivity index (χ0n) is 12.4. The lowest BCUT2D eigenvalue weighted by Gasteiger charge is -2.22. The zero-order chi connectivity index (χ0) is 15.1. The zero-order valence-corrected chi connectivity index (χ0v) is 12.4. The highest BCUT2D eigenvalue weighted by Gasteiger charge is 2.26. The SMILES string of the molecule is CCNC(=O)NC(=O)[C@@H](NC1CCCC1)c1ccccc1. The maximum Gasteiger partial charge on any atom is 0.321 e. The highest BCUT2D eigenvalue weighted by atomic mass is 16.2. The van der Waals surface area contributed by atoms with Crippen LogP contribution < -0.4 is 16.0 Å². The van der Waals surface area contributed by atoms with Crippen molar-refractivity contribution in [1.29, 1.82) is 0 Å². The van der Waals surface area contributed by atoms with Crippen LogP contribution in [0.4, 0.5) is 4.79 Å². The molecule has 3 N–H and O–H groups in total. The largest absolute Gasteiger partial charge is 0.338 e. The molecule has 1 atom stereocenters. The summed E-state index contributed by atoms with van der Waals surface area (Å²) in [6, 6.07) is 8.94. The van der Waals surface area contributed by atoms with E-state index in [1.807, 2.05) is 37.3 Å². The van der Waals surface area contributed by atoms with Crippen LogP contribution >= 0.6 is 0 Å². The van der Waals surface area contributed by atoms with E-state index in [9.17, 15) is 9.59 Å². The first kappa shape index (κ1) is 15.5. The Hall–Kier alpha value is -1.88. The van der Waals surface area contributed by atoms with Gasteiger partial charge in [0.25, 0.3) is 0 Å². The lowest BCUT2D eigenvalue weighted by Crippen LogP contribution is -2.46. The van der Waals surface area contributed by atoms with Gasteiger partial charge in [0.15, 0.2) is 0 Å². The summed E-state index contributed by atoms with van der Waals surface area (Å²) in [5.41, 5.74) is 0.881. The summed E-state index contributed by atoms with van der Waals surface area (Å²) in [5.74, 6) is -0.306. The molecule has 1 aromatic rings. The van der Waals surface area contributed by atoms with E-state index in [-0.39, 0.29) is 5.91 Å². The highest BCUT2D eigenvalue weighted by molar-refractivity contribution is 5.97. The molecule has 0 aliphatic heterocycles. The Morgan fingerprint density at radius 1 is 1.19 bits per heavy atom. The van der Waals surface area contributed by atoms with Gasteiger partial charge in [-0.1, -0.05) is 43.2 Å². The number of hydrogen-bond donors (Lipinski definition) is 3. The van der Waals surface area contributed by atoms with Crippen LogP contribution in [0.5, 0.6) is 0 Å². The number of urea groups is 1. The Bertz CT molecular complexity index is 470. The molecule has 3 amide bonds. The molecule has 114 valence electrons. The molecule has 1 aliphatic carbocycles. The van der Waals surface area contributed by atoms with E-state index in [4.69, 9.17) is 0 Å². The van der Waals surface area contributed by atoms with E-state index in [1.165, 1.54) is 12.8 Å². The van der Waals surface area contributed by atoms with E-state index in [1.54, 1.807) is 0 Å². The van der Waals surface area contributed by atoms with Crippen LogP contribution in [0.3, 0.4) is 0 Å². The lowest BCUT2D eigenvalue weighted by atomic mass is 10.0. The fourth-order valence-electron chi connectivity index (χ4n) is 2.69. The van der Waals surface area contributed by atoms with Crippen LogP contribution in [-0.2, 0) is 4.79 Å². The normalized spacial score (nSPS) is 16.4. The number of carbonyl (C=O) groups excluding carboxylic acids is 2. The quantitative estimate of drug-likeness (QED) is 0.777. The molecule has 1 aromatic carbocycles. The first-order chi connectivity index (χ1) is 10.2. The first-order valence-corrected chi connectivity index (χ1v) is 7.60. The summed E-state index contributed by atoms with van der Waals surface area (Å²) in [6.07, 6.45) is 4.55. The van der Waals surface area contributed by atoms with E-state index in [0.29, 0.717) is 12.6 Å². The minimum atomic E-state index is -0.489. The molecule has 0 aromatic heterocycles. The van der Waals surface area contributed by atoms with Crippen LogP contribution in [0.1, 0.15) is 44.2 Å². The molecule has 1 saturated carbocycles. The van der Waals surface area contributed by atoms with Crippen molar-refractivity contribution in [2.45, 2.75) is 44.7 Å². The van der Waals surface area contributed by atoms with Gasteiger partial charge in [0, 0.05) is 12.6 Å². The number of nitrogens with one attached hydrogen (secondary N) is 3. The van der Waals surface area contributed by atoms with Gasteiger partial charge >= 0.3 is 6.03 Å². The van der Waals surface area contributed by atoms with Crippen molar-refractivity contribution >= 4 is 11.9 Å². The number of amides is 3. The summed E-state index contributed by atoms with van der Waals surface area (Å²) in [5, 5.41) is 8.37.